The van der Waals surface area contributed by atoms with Crippen molar-refractivity contribution in [3.8, 4) is 11.4 Å². The van der Waals surface area contributed by atoms with E-state index in [1.54, 1.807) is 6.07 Å². The van der Waals surface area contributed by atoms with Gasteiger partial charge in [-0.3, -0.25) is 9.36 Å². The second-order valence-electron chi connectivity index (χ2n) is 6.87. The molecule has 0 aliphatic carbocycles. The van der Waals surface area contributed by atoms with Crippen molar-refractivity contribution >= 4 is 57.4 Å². The molecule has 11 heteroatoms. The molecule has 1 heterocycles. The summed E-state index contributed by atoms with van der Waals surface area (Å²) in [6.07, 6.45) is -4.69. The van der Waals surface area contributed by atoms with Gasteiger partial charge in [-0.2, -0.15) is 13.2 Å². The number of alkyl halides is 3. The van der Waals surface area contributed by atoms with E-state index in [1.165, 1.54) is 55.6 Å². The van der Waals surface area contributed by atoms with E-state index >= 15 is 0 Å². The maximum absolute atomic E-state index is 13.7. The van der Waals surface area contributed by atoms with Gasteiger partial charge >= 0.3 is 6.18 Å². The zero-order chi connectivity index (χ0) is 23.9. The highest BCUT2D eigenvalue weighted by molar-refractivity contribution is 6.42. The van der Waals surface area contributed by atoms with Gasteiger partial charge in [-0.25, -0.2) is 4.98 Å². The Morgan fingerprint density at radius 3 is 2.21 bits per heavy atom. The van der Waals surface area contributed by atoms with E-state index in [2.05, 4.69) is 10.3 Å². The number of amides is 1. The maximum atomic E-state index is 13.7. The Morgan fingerprint density at radius 1 is 1.00 bits per heavy atom. The number of ether oxygens (including phenoxy) is 1. The van der Waals surface area contributed by atoms with Crippen molar-refractivity contribution in [2.24, 2.45) is 0 Å². The number of benzene rings is 3. The molecular formula is C22H13Cl3F3N3O2. The van der Waals surface area contributed by atoms with Crippen LogP contribution >= 0.6 is 34.8 Å². The van der Waals surface area contributed by atoms with Gasteiger partial charge in [-0.1, -0.05) is 34.8 Å². The Bertz CT molecular complexity index is 1350. The first-order valence-electron chi connectivity index (χ1n) is 9.28. The normalized spacial score (nSPS) is 11.6. The summed E-state index contributed by atoms with van der Waals surface area (Å²) in [6, 6.07) is 13.0. The molecule has 3 aromatic carbocycles. The summed E-state index contributed by atoms with van der Waals surface area (Å²) in [6.45, 7) is 0. The second kappa shape index (κ2) is 8.78. The fourth-order valence-corrected chi connectivity index (χ4v) is 4.27. The quantitative estimate of drug-likeness (QED) is 0.312. The van der Waals surface area contributed by atoms with Crippen LogP contribution in [0.15, 0.2) is 54.6 Å². The van der Waals surface area contributed by atoms with Gasteiger partial charge in [0.25, 0.3) is 5.91 Å². The number of rotatable bonds is 4. The number of hydrogen-bond acceptors (Lipinski definition) is 3. The van der Waals surface area contributed by atoms with Gasteiger partial charge in [0.05, 0.1) is 33.8 Å². The molecule has 0 saturated carbocycles. The van der Waals surface area contributed by atoms with E-state index in [4.69, 9.17) is 39.5 Å². The average molecular weight is 515 g/mol. The van der Waals surface area contributed by atoms with Gasteiger partial charge in [0.2, 0.25) is 5.82 Å². The van der Waals surface area contributed by atoms with E-state index in [9.17, 15) is 18.0 Å². The Kier molecular flexibility index (Phi) is 6.18. The number of imidazole rings is 1. The first-order valence-corrected chi connectivity index (χ1v) is 10.4. The first kappa shape index (κ1) is 23.2. The average Bonchev–Trinajstić information content (AvgIpc) is 3.12. The summed E-state index contributed by atoms with van der Waals surface area (Å²) in [4.78, 5) is 16.4. The molecule has 0 spiro atoms. The van der Waals surface area contributed by atoms with Crippen LogP contribution in [0.1, 0.15) is 16.2 Å². The molecule has 0 fully saturated rings. The highest BCUT2D eigenvalue weighted by Gasteiger charge is 2.38. The van der Waals surface area contributed by atoms with Crippen LogP contribution in [-0.4, -0.2) is 22.6 Å². The largest absolute Gasteiger partial charge is 0.497 e. The third-order valence-electron chi connectivity index (χ3n) is 4.73. The zero-order valence-corrected chi connectivity index (χ0v) is 18.9. The Morgan fingerprint density at radius 2 is 1.64 bits per heavy atom. The smallest absolute Gasteiger partial charge is 0.450 e. The lowest BCUT2D eigenvalue weighted by atomic mass is 10.2. The number of hydrogen-bond donors (Lipinski definition) is 1. The van der Waals surface area contributed by atoms with Crippen molar-refractivity contribution < 1.29 is 22.7 Å². The molecule has 0 bridgehead atoms. The van der Waals surface area contributed by atoms with E-state index in [1.807, 2.05) is 0 Å². The Hall–Kier alpha value is -2.94. The Balaban J connectivity index is 1.70. The SMILES string of the molecule is COc1ccc2c(c1)nc(C(F)(F)F)n2-c1ccc(NC(=O)c2c(Cl)cc(Cl)cc2Cl)cc1. The van der Waals surface area contributed by atoms with Crippen LogP contribution in [0.25, 0.3) is 16.7 Å². The molecule has 5 nitrogen and oxygen atoms in total. The van der Waals surface area contributed by atoms with Crippen LogP contribution in [0.4, 0.5) is 18.9 Å². The topological polar surface area (TPSA) is 56.1 Å². The fraction of sp³-hybridized carbons (Fsp3) is 0.0909. The van der Waals surface area contributed by atoms with E-state index in [0.29, 0.717) is 11.4 Å². The van der Waals surface area contributed by atoms with Gasteiger partial charge in [0.15, 0.2) is 0 Å². The summed E-state index contributed by atoms with van der Waals surface area (Å²) >= 11 is 18.0. The number of fused-ring (bicyclic) bond motifs is 1. The summed E-state index contributed by atoms with van der Waals surface area (Å²) in [5.41, 5.74) is 0.937. The van der Waals surface area contributed by atoms with Crippen molar-refractivity contribution in [2.45, 2.75) is 6.18 Å². The van der Waals surface area contributed by atoms with Crippen molar-refractivity contribution in [3.05, 3.63) is 81.1 Å². The molecule has 0 saturated heterocycles. The third-order valence-corrected chi connectivity index (χ3v) is 5.55. The summed E-state index contributed by atoms with van der Waals surface area (Å²) < 4.78 is 47.1. The molecule has 0 radical (unpaired) electrons. The second-order valence-corrected chi connectivity index (χ2v) is 8.12. The van der Waals surface area contributed by atoms with E-state index in [-0.39, 0.29) is 37.4 Å². The number of methoxy groups -OCH3 is 1. The van der Waals surface area contributed by atoms with Gasteiger partial charge in [-0.15, -0.1) is 0 Å². The molecular weight excluding hydrogens is 502 g/mol. The number of halogens is 6. The van der Waals surface area contributed by atoms with Crippen molar-refractivity contribution in [3.63, 3.8) is 0 Å². The molecule has 0 atom stereocenters. The van der Waals surface area contributed by atoms with Gasteiger partial charge in [-0.05, 0) is 48.5 Å². The number of aromatic nitrogens is 2. The fourth-order valence-electron chi connectivity index (χ4n) is 3.29. The van der Waals surface area contributed by atoms with Crippen LogP contribution in [0.3, 0.4) is 0 Å². The molecule has 0 aliphatic rings. The predicted molar refractivity (Wildman–Crippen MR) is 122 cm³/mol. The highest BCUT2D eigenvalue weighted by Crippen LogP contribution is 2.35. The minimum Gasteiger partial charge on any atom is -0.497 e. The summed E-state index contributed by atoms with van der Waals surface area (Å²) in [7, 11) is 1.42. The standard InChI is InChI=1S/C22H13Cl3F3N3O2/c1-33-14-6-7-18-17(10-14)30-21(22(26,27)28)31(18)13-4-2-12(3-5-13)29-20(32)19-15(24)8-11(23)9-16(19)25/h2-10H,1H3,(H,29,32). The molecule has 0 aliphatic heterocycles. The number of nitrogens with zero attached hydrogens (tertiary/aromatic N) is 2. The molecule has 1 amide bonds. The maximum Gasteiger partial charge on any atom is 0.450 e. The Labute approximate surface area is 200 Å². The van der Waals surface area contributed by atoms with E-state index < -0.39 is 17.9 Å². The minimum atomic E-state index is -4.69. The molecule has 33 heavy (non-hydrogen) atoms. The molecule has 170 valence electrons. The van der Waals surface area contributed by atoms with Gasteiger partial charge in [0.1, 0.15) is 5.75 Å². The lowest BCUT2D eigenvalue weighted by molar-refractivity contribution is -0.145. The number of anilines is 1. The summed E-state index contributed by atoms with van der Waals surface area (Å²) in [5, 5.41) is 3.02. The molecule has 1 N–H and O–H groups in total. The molecule has 4 aromatic rings. The number of carbonyl (C=O) groups excluding carboxylic acids is 1. The number of nitrogens with one attached hydrogen (secondary N) is 1. The van der Waals surface area contributed by atoms with Gasteiger partial charge < -0.3 is 10.1 Å². The zero-order valence-electron chi connectivity index (χ0n) is 16.7. The van der Waals surface area contributed by atoms with Crippen molar-refractivity contribution in [1.82, 2.24) is 9.55 Å². The van der Waals surface area contributed by atoms with Crippen LogP contribution in [0, 0.1) is 0 Å². The monoisotopic (exact) mass is 513 g/mol. The van der Waals surface area contributed by atoms with Crippen LogP contribution in [-0.2, 0) is 6.18 Å². The molecule has 4 rings (SSSR count). The van der Waals surface area contributed by atoms with Crippen molar-refractivity contribution in [1.29, 1.82) is 0 Å². The van der Waals surface area contributed by atoms with Gasteiger partial charge in [0, 0.05) is 22.5 Å². The molecule has 1 aromatic heterocycles. The minimum absolute atomic E-state index is 0.0284. The van der Waals surface area contributed by atoms with Crippen LogP contribution in [0.5, 0.6) is 5.75 Å². The van der Waals surface area contributed by atoms with Crippen molar-refractivity contribution in [2.75, 3.05) is 12.4 Å². The summed E-state index contributed by atoms with van der Waals surface area (Å²) in [5.74, 6) is -1.29. The van der Waals surface area contributed by atoms with Crippen LogP contribution < -0.4 is 10.1 Å². The number of carbonyl (C=O) groups is 1. The van der Waals surface area contributed by atoms with E-state index in [0.717, 1.165) is 4.57 Å². The lowest BCUT2D eigenvalue weighted by Crippen LogP contribution is -2.14. The highest BCUT2D eigenvalue weighted by atomic mass is 35.5. The third kappa shape index (κ3) is 4.59. The lowest BCUT2D eigenvalue weighted by Gasteiger charge is -2.13. The molecule has 0 unspecified atom stereocenters. The predicted octanol–water partition coefficient (Wildman–Crippen LogP) is 7.27. The van der Waals surface area contributed by atoms with Crippen LogP contribution in [0.2, 0.25) is 15.1 Å². The first-order chi connectivity index (χ1) is 15.6.